The number of rotatable bonds is 4. The Hall–Kier alpha value is -2.21. The van der Waals surface area contributed by atoms with Gasteiger partial charge in [0.15, 0.2) is 5.13 Å². The van der Waals surface area contributed by atoms with Crippen molar-refractivity contribution in [2.45, 2.75) is 19.4 Å². The average Bonchev–Trinajstić information content (AvgIpc) is 3.04. The molecule has 1 aromatic heterocycles. The van der Waals surface area contributed by atoms with Gasteiger partial charge < -0.3 is 4.90 Å². The summed E-state index contributed by atoms with van der Waals surface area (Å²) in [5.74, 6) is -0.101. The van der Waals surface area contributed by atoms with Crippen LogP contribution in [0.1, 0.15) is 32.1 Å². The fraction of sp³-hybridized carbons (Fsp3) is 0.238. The number of carbonyl (C=O) groups is 1. The number of benzene rings is 2. The number of aromatic nitrogens is 1. The van der Waals surface area contributed by atoms with E-state index >= 15 is 0 Å². The number of halogens is 1. The lowest BCUT2D eigenvalue weighted by atomic mass is 10.0. The van der Waals surface area contributed by atoms with Crippen LogP contribution in [0.5, 0.6) is 0 Å². The molecule has 2 heterocycles. The molecule has 0 atom stereocenters. The van der Waals surface area contributed by atoms with Crippen LogP contribution in [0, 0.1) is 0 Å². The number of fused-ring (bicyclic) bond motifs is 1. The maximum absolute atomic E-state index is 12.5. The molecule has 0 fully saturated rings. The SMILES string of the molecule is CN1CCc2nc(NC(=O)c3ccc(Cc4ccccc4)cc3)sc2C1.Cl. The maximum atomic E-state index is 12.5. The highest BCUT2D eigenvalue weighted by molar-refractivity contribution is 7.15. The van der Waals surface area contributed by atoms with Crippen LogP contribution in [0.4, 0.5) is 5.13 Å². The monoisotopic (exact) mass is 399 g/mol. The first kappa shape index (κ1) is 19.5. The normalized spacial score (nSPS) is 13.5. The molecule has 0 saturated carbocycles. The van der Waals surface area contributed by atoms with Gasteiger partial charge in [-0.05, 0) is 36.7 Å². The molecule has 0 unspecified atom stereocenters. The van der Waals surface area contributed by atoms with Gasteiger partial charge in [0.2, 0.25) is 0 Å². The van der Waals surface area contributed by atoms with Gasteiger partial charge in [-0.2, -0.15) is 0 Å². The molecular weight excluding hydrogens is 378 g/mol. The first-order valence-corrected chi connectivity index (χ1v) is 9.60. The fourth-order valence-corrected chi connectivity index (χ4v) is 4.23. The van der Waals surface area contributed by atoms with Crippen molar-refractivity contribution in [2.24, 2.45) is 0 Å². The Morgan fingerprint density at radius 1 is 1.11 bits per heavy atom. The minimum absolute atomic E-state index is 0. The summed E-state index contributed by atoms with van der Waals surface area (Å²) in [6.07, 6.45) is 1.82. The van der Waals surface area contributed by atoms with Crippen LogP contribution in [-0.4, -0.2) is 29.4 Å². The average molecular weight is 400 g/mol. The first-order valence-electron chi connectivity index (χ1n) is 8.79. The minimum atomic E-state index is -0.101. The van der Waals surface area contributed by atoms with Crippen LogP contribution in [0.25, 0.3) is 0 Å². The molecular formula is C21H22ClN3OS. The van der Waals surface area contributed by atoms with Gasteiger partial charge in [-0.15, -0.1) is 23.7 Å². The van der Waals surface area contributed by atoms with Gasteiger partial charge in [0, 0.05) is 30.0 Å². The van der Waals surface area contributed by atoms with Gasteiger partial charge in [-0.3, -0.25) is 10.1 Å². The van der Waals surface area contributed by atoms with E-state index in [-0.39, 0.29) is 18.3 Å². The molecule has 0 bridgehead atoms. The number of nitrogens with zero attached hydrogens (tertiary/aromatic N) is 2. The Morgan fingerprint density at radius 2 is 1.81 bits per heavy atom. The van der Waals surface area contributed by atoms with Crippen LogP contribution in [0.2, 0.25) is 0 Å². The second-order valence-corrected chi connectivity index (χ2v) is 7.77. The lowest BCUT2D eigenvalue weighted by molar-refractivity contribution is 0.102. The summed E-state index contributed by atoms with van der Waals surface area (Å²) in [5.41, 5.74) is 4.25. The van der Waals surface area contributed by atoms with Gasteiger partial charge in [0.25, 0.3) is 5.91 Å². The van der Waals surface area contributed by atoms with Crippen molar-refractivity contribution in [3.05, 3.63) is 81.9 Å². The smallest absolute Gasteiger partial charge is 0.257 e. The van der Waals surface area contributed by atoms with Crippen molar-refractivity contribution in [3.63, 3.8) is 0 Å². The number of hydrogen-bond acceptors (Lipinski definition) is 4. The van der Waals surface area contributed by atoms with Crippen LogP contribution in [0.15, 0.2) is 54.6 Å². The molecule has 6 heteroatoms. The second kappa shape index (κ2) is 8.65. The van der Waals surface area contributed by atoms with E-state index in [4.69, 9.17) is 0 Å². The largest absolute Gasteiger partial charge is 0.301 e. The highest BCUT2D eigenvalue weighted by atomic mass is 35.5. The highest BCUT2D eigenvalue weighted by Crippen LogP contribution is 2.28. The summed E-state index contributed by atoms with van der Waals surface area (Å²) in [7, 11) is 2.11. The van der Waals surface area contributed by atoms with E-state index in [9.17, 15) is 4.79 Å². The Kier molecular flexibility index (Phi) is 6.26. The van der Waals surface area contributed by atoms with Gasteiger partial charge in [-0.25, -0.2) is 4.98 Å². The first-order chi connectivity index (χ1) is 12.7. The van der Waals surface area contributed by atoms with Gasteiger partial charge in [0.05, 0.1) is 5.69 Å². The quantitative estimate of drug-likeness (QED) is 0.707. The van der Waals surface area contributed by atoms with E-state index in [1.165, 1.54) is 16.0 Å². The molecule has 0 saturated heterocycles. The standard InChI is InChI=1S/C21H21N3OS.ClH/c1-24-12-11-18-19(14-24)26-21(22-18)23-20(25)17-9-7-16(8-10-17)13-15-5-3-2-4-6-15;/h2-10H,11-14H2,1H3,(H,22,23,25);1H. The summed E-state index contributed by atoms with van der Waals surface area (Å²) in [4.78, 5) is 20.6. The predicted octanol–water partition coefficient (Wildman–Crippen LogP) is 4.40. The third-order valence-corrected chi connectivity index (χ3v) is 5.61. The molecule has 4 rings (SSSR count). The van der Waals surface area contributed by atoms with E-state index in [0.717, 1.165) is 31.6 Å². The molecule has 4 nitrogen and oxygen atoms in total. The molecule has 3 aromatic rings. The molecule has 1 aliphatic heterocycles. The van der Waals surface area contributed by atoms with Crippen molar-refractivity contribution in [1.29, 1.82) is 0 Å². The number of nitrogens with one attached hydrogen (secondary N) is 1. The van der Waals surface area contributed by atoms with E-state index in [1.54, 1.807) is 11.3 Å². The Labute approximate surface area is 169 Å². The molecule has 0 spiro atoms. The molecule has 2 aromatic carbocycles. The fourth-order valence-electron chi connectivity index (χ4n) is 3.15. The zero-order valence-electron chi connectivity index (χ0n) is 15.1. The Morgan fingerprint density at radius 3 is 2.56 bits per heavy atom. The lowest BCUT2D eigenvalue weighted by Crippen LogP contribution is -2.25. The molecule has 1 N–H and O–H groups in total. The second-order valence-electron chi connectivity index (χ2n) is 6.69. The molecule has 27 heavy (non-hydrogen) atoms. The summed E-state index contributed by atoms with van der Waals surface area (Å²) in [6, 6.07) is 18.1. The zero-order valence-corrected chi connectivity index (χ0v) is 16.8. The minimum Gasteiger partial charge on any atom is -0.301 e. The number of likely N-dealkylation sites (N-methyl/N-ethyl adjacent to an activating group) is 1. The number of hydrogen-bond donors (Lipinski definition) is 1. The van der Waals surface area contributed by atoms with Crippen molar-refractivity contribution in [2.75, 3.05) is 18.9 Å². The summed E-state index contributed by atoms with van der Waals surface area (Å²) in [5, 5.41) is 3.65. The summed E-state index contributed by atoms with van der Waals surface area (Å²) in [6.45, 7) is 1.93. The van der Waals surface area contributed by atoms with Crippen molar-refractivity contribution in [1.82, 2.24) is 9.88 Å². The van der Waals surface area contributed by atoms with Crippen LogP contribution in [0.3, 0.4) is 0 Å². The molecule has 0 radical (unpaired) electrons. The molecule has 0 aliphatic carbocycles. The predicted molar refractivity (Wildman–Crippen MR) is 113 cm³/mol. The summed E-state index contributed by atoms with van der Waals surface area (Å²) >= 11 is 1.58. The van der Waals surface area contributed by atoms with Crippen LogP contribution >= 0.6 is 23.7 Å². The van der Waals surface area contributed by atoms with E-state index in [2.05, 4.69) is 34.4 Å². The van der Waals surface area contributed by atoms with Crippen LogP contribution < -0.4 is 5.32 Å². The summed E-state index contributed by atoms with van der Waals surface area (Å²) < 4.78 is 0. The third-order valence-electron chi connectivity index (χ3n) is 4.61. The van der Waals surface area contributed by atoms with Crippen molar-refractivity contribution < 1.29 is 4.79 Å². The maximum Gasteiger partial charge on any atom is 0.257 e. The van der Waals surface area contributed by atoms with E-state index in [0.29, 0.717) is 10.7 Å². The van der Waals surface area contributed by atoms with Crippen LogP contribution in [-0.2, 0) is 19.4 Å². The Bertz CT molecular complexity index is 909. The number of thiazole rings is 1. The topological polar surface area (TPSA) is 45.2 Å². The van der Waals surface area contributed by atoms with Gasteiger partial charge in [-0.1, -0.05) is 42.5 Å². The third kappa shape index (κ3) is 4.75. The van der Waals surface area contributed by atoms with Gasteiger partial charge >= 0.3 is 0 Å². The molecule has 140 valence electrons. The molecule has 1 aliphatic rings. The van der Waals surface area contributed by atoms with Crippen molar-refractivity contribution in [3.8, 4) is 0 Å². The zero-order chi connectivity index (χ0) is 17.9. The van der Waals surface area contributed by atoms with Crippen molar-refractivity contribution >= 4 is 34.8 Å². The number of carbonyl (C=O) groups excluding carboxylic acids is 1. The number of amides is 1. The number of anilines is 1. The highest BCUT2D eigenvalue weighted by Gasteiger charge is 2.19. The Balaban J connectivity index is 0.00000210. The molecule has 1 amide bonds. The lowest BCUT2D eigenvalue weighted by Gasteiger charge is -2.20. The van der Waals surface area contributed by atoms with Gasteiger partial charge in [0.1, 0.15) is 0 Å². The van der Waals surface area contributed by atoms with E-state index in [1.807, 2.05) is 42.5 Å². The van der Waals surface area contributed by atoms with E-state index < -0.39 is 0 Å².